The predicted octanol–water partition coefficient (Wildman–Crippen LogP) is 4.43. The first-order valence-electron chi connectivity index (χ1n) is 9.52. The summed E-state index contributed by atoms with van der Waals surface area (Å²) in [6, 6.07) is 4.82. The minimum absolute atomic E-state index is 0.202. The van der Waals surface area contributed by atoms with Gasteiger partial charge in [0.05, 0.1) is 31.2 Å². The van der Waals surface area contributed by atoms with Gasteiger partial charge in [-0.3, -0.25) is 24.1 Å². The highest BCUT2D eigenvalue weighted by atomic mass is 35.5. The molecule has 4 amide bonds. The lowest BCUT2D eigenvalue weighted by Crippen LogP contribution is -2.44. The Morgan fingerprint density at radius 1 is 0.853 bits per heavy atom. The molecule has 1 atom stereocenters. The van der Waals surface area contributed by atoms with Crippen LogP contribution in [0.5, 0.6) is 0 Å². The summed E-state index contributed by atoms with van der Waals surface area (Å²) in [7, 11) is 0. The summed E-state index contributed by atoms with van der Waals surface area (Å²) in [6.07, 6.45) is 0. The molecular weight excluding hydrogens is 532 g/mol. The molecule has 34 heavy (non-hydrogen) atoms. The molecule has 1 aliphatic heterocycles. The molecule has 13 heteroatoms. The second-order valence-corrected chi connectivity index (χ2v) is 8.59. The molecule has 1 heterocycles. The molecule has 0 saturated heterocycles. The molecule has 3 rings (SSSR count). The number of carbonyl (C=O) groups excluding carboxylic acids is 5. The minimum atomic E-state index is -1.40. The van der Waals surface area contributed by atoms with E-state index in [9.17, 15) is 24.0 Å². The number of rotatable bonds is 6. The van der Waals surface area contributed by atoms with E-state index in [0.29, 0.717) is 16.3 Å². The van der Waals surface area contributed by atoms with E-state index in [2.05, 4.69) is 10.6 Å². The van der Waals surface area contributed by atoms with Gasteiger partial charge in [-0.15, -0.1) is 0 Å². The number of amides is 4. The van der Waals surface area contributed by atoms with Gasteiger partial charge in [0.25, 0.3) is 17.7 Å². The second-order valence-electron chi connectivity index (χ2n) is 7.08. The van der Waals surface area contributed by atoms with Crippen LogP contribution >= 0.6 is 46.4 Å². The summed E-state index contributed by atoms with van der Waals surface area (Å²) >= 11 is 24.1. The molecular formula is C21H15Cl4N3O6. The first-order chi connectivity index (χ1) is 15.9. The van der Waals surface area contributed by atoms with Crippen molar-refractivity contribution in [3.8, 4) is 0 Å². The standard InChI is InChI=1S/C21H15Cl4N3O6/c1-8(28-19(31)13-14(20(28)32)16(23)18(25)17(24)15(13)22)21(33)34-7-12(30)27-11-5-3-10(4-6-11)26-9(2)29/h3-6,8H,7H2,1-2H3,(H,26,29)(H,27,30)/t8-/m0/s1. The summed E-state index contributed by atoms with van der Waals surface area (Å²) in [5, 5.41) is 4.15. The van der Waals surface area contributed by atoms with Crippen LogP contribution in [0.3, 0.4) is 0 Å². The van der Waals surface area contributed by atoms with Gasteiger partial charge in [0.15, 0.2) is 6.61 Å². The van der Waals surface area contributed by atoms with E-state index >= 15 is 0 Å². The van der Waals surface area contributed by atoms with Gasteiger partial charge in [-0.05, 0) is 31.2 Å². The minimum Gasteiger partial charge on any atom is -0.454 e. The lowest BCUT2D eigenvalue weighted by atomic mass is 10.1. The number of benzene rings is 2. The fourth-order valence-electron chi connectivity index (χ4n) is 3.12. The van der Waals surface area contributed by atoms with Gasteiger partial charge in [0, 0.05) is 18.3 Å². The molecule has 0 aliphatic carbocycles. The van der Waals surface area contributed by atoms with Crippen LogP contribution in [0.2, 0.25) is 20.1 Å². The smallest absolute Gasteiger partial charge is 0.329 e. The zero-order chi connectivity index (χ0) is 25.3. The fourth-order valence-corrected chi connectivity index (χ4v) is 4.13. The highest BCUT2D eigenvalue weighted by molar-refractivity contribution is 6.55. The molecule has 0 saturated carbocycles. The normalized spacial score (nSPS) is 13.4. The number of hydrogen-bond acceptors (Lipinski definition) is 6. The SMILES string of the molecule is CC(=O)Nc1ccc(NC(=O)COC(=O)[C@H](C)N2C(=O)c3c(Cl)c(Cl)c(Cl)c(Cl)c3C2=O)cc1. The molecule has 0 aromatic heterocycles. The number of halogens is 4. The van der Waals surface area contributed by atoms with Gasteiger partial charge >= 0.3 is 5.97 Å². The van der Waals surface area contributed by atoms with E-state index in [1.807, 2.05) is 0 Å². The van der Waals surface area contributed by atoms with E-state index in [-0.39, 0.29) is 37.1 Å². The third kappa shape index (κ3) is 4.97. The number of anilines is 2. The number of esters is 1. The Hall–Kier alpha value is -2.85. The van der Waals surface area contributed by atoms with Gasteiger partial charge in [-0.2, -0.15) is 0 Å². The number of carbonyl (C=O) groups is 5. The number of nitrogens with one attached hydrogen (secondary N) is 2. The molecule has 1 aliphatic rings. The first-order valence-corrected chi connectivity index (χ1v) is 11.0. The van der Waals surface area contributed by atoms with Crippen LogP contribution in [0, 0.1) is 0 Å². The highest BCUT2D eigenvalue weighted by Gasteiger charge is 2.45. The molecule has 0 radical (unpaired) electrons. The molecule has 9 nitrogen and oxygen atoms in total. The predicted molar refractivity (Wildman–Crippen MR) is 127 cm³/mol. The molecule has 2 aromatic rings. The summed E-state index contributed by atoms with van der Waals surface area (Å²) in [5.74, 6) is -3.74. The Morgan fingerprint density at radius 3 is 1.74 bits per heavy atom. The maximum absolute atomic E-state index is 12.8. The Labute approximate surface area is 213 Å². The molecule has 2 N–H and O–H groups in total. The van der Waals surface area contributed by atoms with Crippen molar-refractivity contribution in [2.24, 2.45) is 0 Å². The maximum atomic E-state index is 12.8. The van der Waals surface area contributed by atoms with Crippen molar-refractivity contribution < 1.29 is 28.7 Å². The Morgan fingerprint density at radius 2 is 1.29 bits per heavy atom. The van der Waals surface area contributed by atoms with Gasteiger partial charge in [-0.1, -0.05) is 46.4 Å². The van der Waals surface area contributed by atoms with E-state index in [4.69, 9.17) is 51.1 Å². The molecule has 178 valence electrons. The number of nitrogens with zero attached hydrogens (tertiary/aromatic N) is 1. The summed E-state index contributed by atoms with van der Waals surface area (Å²) < 4.78 is 4.96. The van der Waals surface area contributed by atoms with Crippen LogP contribution in [0.25, 0.3) is 0 Å². The van der Waals surface area contributed by atoms with E-state index in [1.165, 1.54) is 26.0 Å². The van der Waals surface area contributed by atoms with E-state index in [1.54, 1.807) is 12.1 Å². The monoisotopic (exact) mass is 545 g/mol. The summed E-state index contributed by atoms with van der Waals surface area (Å²) in [6.45, 7) is 1.92. The van der Waals surface area contributed by atoms with Gasteiger partial charge < -0.3 is 15.4 Å². The topological polar surface area (TPSA) is 122 Å². The average Bonchev–Trinajstić information content (AvgIpc) is 3.05. The van der Waals surface area contributed by atoms with Gasteiger partial charge in [0.2, 0.25) is 5.91 Å². The van der Waals surface area contributed by atoms with Crippen molar-refractivity contribution in [2.75, 3.05) is 17.2 Å². The van der Waals surface area contributed by atoms with E-state index < -0.39 is 36.3 Å². The third-order valence-electron chi connectivity index (χ3n) is 4.70. The third-order valence-corrected chi connectivity index (χ3v) is 6.50. The second kappa shape index (κ2) is 10.2. The van der Waals surface area contributed by atoms with Crippen molar-refractivity contribution >= 4 is 87.4 Å². The summed E-state index contributed by atoms with van der Waals surface area (Å²) in [4.78, 5) is 61.9. The van der Waals surface area contributed by atoms with Crippen LogP contribution in [-0.2, 0) is 19.1 Å². The largest absolute Gasteiger partial charge is 0.454 e. The molecule has 0 fully saturated rings. The zero-order valence-corrected chi connectivity index (χ0v) is 20.5. The van der Waals surface area contributed by atoms with Crippen molar-refractivity contribution in [3.05, 3.63) is 55.5 Å². The van der Waals surface area contributed by atoms with Crippen LogP contribution in [0.15, 0.2) is 24.3 Å². The summed E-state index contributed by atoms with van der Waals surface area (Å²) in [5.41, 5.74) is 0.383. The highest BCUT2D eigenvalue weighted by Crippen LogP contribution is 2.45. The van der Waals surface area contributed by atoms with Gasteiger partial charge in [-0.25, -0.2) is 4.79 Å². The Bertz CT molecular complexity index is 1190. The molecule has 0 spiro atoms. The van der Waals surface area contributed by atoms with E-state index in [0.717, 1.165) is 0 Å². The lowest BCUT2D eigenvalue weighted by molar-refractivity contribution is -0.150. The van der Waals surface area contributed by atoms with Crippen molar-refractivity contribution in [1.29, 1.82) is 0 Å². The number of hydrogen-bond donors (Lipinski definition) is 2. The first kappa shape index (κ1) is 25.8. The van der Waals surface area contributed by atoms with Crippen molar-refractivity contribution in [2.45, 2.75) is 19.9 Å². The maximum Gasteiger partial charge on any atom is 0.329 e. The zero-order valence-electron chi connectivity index (χ0n) is 17.5. The lowest BCUT2D eigenvalue weighted by Gasteiger charge is -2.20. The Kier molecular flexibility index (Phi) is 7.72. The van der Waals surface area contributed by atoms with Crippen LogP contribution in [0.4, 0.5) is 11.4 Å². The number of fused-ring (bicyclic) bond motifs is 1. The molecule has 2 aromatic carbocycles. The average molecular weight is 547 g/mol. The van der Waals surface area contributed by atoms with Crippen LogP contribution < -0.4 is 10.6 Å². The molecule has 0 unspecified atom stereocenters. The van der Waals surface area contributed by atoms with Crippen molar-refractivity contribution in [1.82, 2.24) is 4.90 Å². The van der Waals surface area contributed by atoms with Crippen molar-refractivity contribution in [3.63, 3.8) is 0 Å². The van der Waals surface area contributed by atoms with Crippen LogP contribution in [-0.4, -0.2) is 47.1 Å². The fraction of sp³-hybridized carbons (Fsp3) is 0.190. The molecule has 0 bridgehead atoms. The number of imide groups is 1. The Balaban J connectivity index is 1.64. The van der Waals surface area contributed by atoms with Gasteiger partial charge in [0.1, 0.15) is 6.04 Å². The quantitative estimate of drug-likeness (QED) is 0.239. The van der Waals surface area contributed by atoms with Crippen LogP contribution in [0.1, 0.15) is 34.6 Å². The number of ether oxygens (including phenoxy) is 1.